The van der Waals surface area contributed by atoms with E-state index < -0.39 is 58.7 Å². The first kappa shape index (κ1) is 23.2. The zero-order valence-electron chi connectivity index (χ0n) is 18.9. The molecule has 2 fully saturated rings. The number of rotatable bonds is 3. The number of aromatic hydroxyl groups is 1. The monoisotopic (exact) mass is 459 g/mol. The SMILES string of the molecule is CN(C)c1ccc2c(c1O)C(O)=C1C(=O)[C@]3(O)C(=O)C(C(N)=O)[C@H](O)[C@@H](N(C)C)[C@@H]3C[C@@H]1C2. The lowest BCUT2D eigenvalue weighted by Gasteiger charge is -2.53. The highest BCUT2D eigenvalue weighted by atomic mass is 16.3. The smallest absolute Gasteiger partial charge is 0.230 e. The van der Waals surface area contributed by atoms with Crippen LogP contribution in [0.5, 0.6) is 5.75 Å². The van der Waals surface area contributed by atoms with Crippen LogP contribution in [0.2, 0.25) is 0 Å². The summed E-state index contributed by atoms with van der Waals surface area (Å²) in [5, 5.41) is 44.3. The van der Waals surface area contributed by atoms with Gasteiger partial charge in [0.1, 0.15) is 17.4 Å². The molecule has 0 saturated heterocycles. The van der Waals surface area contributed by atoms with Gasteiger partial charge in [-0.3, -0.25) is 14.4 Å². The molecule has 1 aromatic carbocycles. The second kappa shape index (κ2) is 7.54. The summed E-state index contributed by atoms with van der Waals surface area (Å²) in [4.78, 5) is 42.2. The fourth-order valence-electron chi connectivity index (χ4n) is 5.93. The van der Waals surface area contributed by atoms with Gasteiger partial charge in [0.2, 0.25) is 11.7 Å². The number of nitrogens with two attached hydrogens (primary N) is 1. The molecule has 3 aliphatic rings. The number of hydrogen-bond acceptors (Lipinski definition) is 9. The molecule has 2 saturated carbocycles. The van der Waals surface area contributed by atoms with Gasteiger partial charge in [-0.25, -0.2) is 0 Å². The number of amides is 1. The first-order chi connectivity index (χ1) is 15.3. The number of Topliss-reactive ketones (excluding diaryl/α,β-unsaturated/α-hetero) is 2. The summed E-state index contributed by atoms with van der Waals surface area (Å²) in [5.74, 6) is -7.36. The van der Waals surface area contributed by atoms with Gasteiger partial charge in [0.25, 0.3) is 0 Å². The zero-order valence-corrected chi connectivity index (χ0v) is 18.9. The van der Waals surface area contributed by atoms with Gasteiger partial charge in [-0.1, -0.05) is 6.07 Å². The van der Waals surface area contributed by atoms with Gasteiger partial charge in [-0.05, 0) is 44.5 Å². The average molecular weight is 459 g/mol. The van der Waals surface area contributed by atoms with Gasteiger partial charge in [0.05, 0.1) is 17.4 Å². The third-order valence-corrected chi connectivity index (χ3v) is 7.42. The Balaban J connectivity index is 1.92. The highest BCUT2D eigenvalue weighted by Crippen LogP contribution is 2.52. The number of anilines is 1. The number of ketones is 2. The first-order valence-corrected chi connectivity index (χ1v) is 10.7. The molecule has 33 heavy (non-hydrogen) atoms. The zero-order chi connectivity index (χ0) is 24.6. The van der Waals surface area contributed by atoms with Gasteiger partial charge in [0.15, 0.2) is 11.4 Å². The van der Waals surface area contributed by atoms with Crippen molar-refractivity contribution in [3.8, 4) is 5.75 Å². The van der Waals surface area contributed by atoms with Crippen LogP contribution in [0.15, 0.2) is 17.7 Å². The van der Waals surface area contributed by atoms with Crippen molar-refractivity contribution >= 4 is 28.9 Å². The van der Waals surface area contributed by atoms with Gasteiger partial charge < -0.3 is 36.0 Å². The third kappa shape index (κ3) is 3.01. The molecule has 1 aromatic rings. The summed E-state index contributed by atoms with van der Waals surface area (Å²) in [5.41, 5.74) is 3.71. The van der Waals surface area contributed by atoms with Crippen molar-refractivity contribution in [2.24, 2.45) is 23.5 Å². The lowest BCUT2D eigenvalue weighted by Crippen LogP contribution is -2.73. The van der Waals surface area contributed by atoms with Crippen LogP contribution >= 0.6 is 0 Å². The van der Waals surface area contributed by atoms with Gasteiger partial charge in [-0.2, -0.15) is 0 Å². The minimum absolute atomic E-state index is 0.0850. The second-order valence-electron chi connectivity index (χ2n) is 9.65. The molecule has 6 atom stereocenters. The summed E-state index contributed by atoms with van der Waals surface area (Å²) in [6.45, 7) is 0. The van der Waals surface area contributed by atoms with E-state index in [0.717, 1.165) is 0 Å². The molecule has 178 valence electrons. The molecule has 1 amide bonds. The molecule has 0 aliphatic heterocycles. The van der Waals surface area contributed by atoms with E-state index in [4.69, 9.17) is 5.73 Å². The van der Waals surface area contributed by atoms with Crippen LogP contribution in [0, 0.1) is 17.8 Å². The minimum atomic E-state index is -2.64. The Hall–Kier alpha value is -2.95. The maximum Gasteiger partial charge on any atom is 0.230 e. The van der Waals surface area contributed by atoms with Crippen LogP contribution in [-0.2, 0) is 20.8 Å². The maximum atomic E-state index is 13.7. The van der Waals surface area contributed by atoms with Crippen molar-refractivity contribution in [3.63, 3.8) is 0 Å². The second-order valence-corrected chi connectivity index (χ2v) is 9.65. The predicted molar refractivity (Wildman–Crippen MR) is 118 cm³/mol. The van der Waals surface area contributed by atoms with Crippen LogP contribution in [0.1, 0.15) is 17.5 Å². The van der Waals surface area contributed by atoms with Crippen molar-refractivity contribution in [1.29, 1.82) is 0 Å². The molecule has 6 N–H and O–H groups in total. The summed E-state index contributed by atoms with van der Waals surface area (Å²) in [6, 6.07) is 2.57. The van der Waals surface area contributed by atoms with Crippen LogP contribution in [0.3, 0.4) is 0 Å². The van der Waals surface area contributed by atoms with Gasteiger partial charge in [-0.15, -0.1) is 0 Å². The van der Waals surface area contributed by atoms with Crippen molar-refractivity contribution in [1.82, 2.24) is 4.90 Å². The number of carbonyl (C=O) groups is 3. The van der Waals surface area contributed by atoms with E-state index >= 15 is 0 Å². The molecule has 0 radical (unpaired) electrons. The Bertz CT molecular complexity index is 1100. The number of primary amides is 1. The molecule has 1 unspecified atom stereocenters. The number of aliphatic hydroxyl groups excluding tert-OH is 2. The quantitative estimate of drug-likeness (QED) is 0.364. The van der Waals surface area contributed by atoms with Crippen LogP contribution in [0.4, 0.5) is 5.69 Å². The molecule has 4 rings (SSSR count). The number of phenols is 1. The fraction of sp³-hybridized carbons (Fsp3) is 0.522. The summed E-state index contributed by atoms with van der Waals surface area (Å²) in [6.07, 6.45) is -1.10. The molecule has 3 aliphatic carbocycles. The summed E-state index contributed by atoms with van der Waals surface area (Å²) >= 11 is 0. The van der Waals surface area contributed by atoms with Crippen molar-refractivity contribution in [3.05, 3.63) is 28.8 Å². The van der Waals surface area contributed by atoms with Crippen molar-refractivity contribution < 1.29 is 34.8 Å². The number of hydrogen-bond donors (Lipinski definition) is 5. The Morgan fingerprint density at radius 2 is 1.79 bits per heavy atom. The Morgan fingerprint density at radius 1 is 1.15 bits per heavy atom. The minimum Gasteiger partial charge on any atom is -0.507 e. The molecule has 0 bridgehead atoms. The van der Waals surface area contributed by atoms with E-state index in [0.29, 0.717) is 11.3 Å². The molecule has 10 heteroatoms. The number of benzene rings is 1. The summed E-state index contributed by atoms with van der Waals surface area (Å²) in [7, 11) is 6.67. The lowest BCUT2D eigenvalue weighted by molar-refractivity contribution is -0.184. The molecule has 0 heterocycles. The Kier molecular flexibility index (Phi) is 5.31. The molecule has 0 aromatic heterocycles. The van der Waals surface area contributed by atoms with E-state index in [1.165, 1.54) is 0 Å². The largest absolute Gasteiger partial charge is 0.507 e. The Labute approximate surface area is 190 Å². The number of phenolic OH excluding ortho intramolecular Hbond substituents is 1. The molecular formula is C23H29N3O7. The predicted octanol–water partition coefficient (Wildman–Crippen LogP) is -0.805. The first-order valence-electron chi connectivity index (χ1n) is 10.7. The van der Waals surface area contributed by atoms with Crippen molar-refractivity contribution in [2.75, 3.05) is 33.1 Å². The van der Waals surface area contributed by atoms with E-state index in [1.54, 1.807) is 50.1 Å². The molecular weight excluding hydrogens is 430 g/mol. The highest BCUT2D eigenvalue weighted by Gasteiger charge is 2.67. The maximum absolute atomic E-state index is 13.7. The molecule has 0 spiro atoms. The van der Waals surface area contributed by atoms with Crippen LogP contribution in [0.25, 0.3) is 5.76 Å². The van der Waals surface area contributed by atoms with E-state index in [1.807, 2.05) is 0 Å². The van der Waals surface area contributed by atoms with Crippen LogP contribution < -0.4 is 10.6 Å². The number of carbonyl (C=O) groups excluding carboxylic acids is 3. The topological polar surface area (TPSA) is 165 Å². The number of fused-ring (bicyclic) bond motifs is 3. The summed E-state index contributed by atoms with van der Waals surface area (Å²) < 4.78 is 0. The average Bonchev–Trinajstić information content (AvgIpc) is 2.70. The third-order valence-electron chi connectivity index (χ3n) is 7.42. The van der Waals surface area contributed by atoms with E-state index in [2.05, 4.69) is 0 Å². The number of nitrogens with zero attached hydrogens (tertiary/aromatic N) is 2. The normalized spacial score (nSPS) is 33.5. The van der Waals surface area contributed by atoms with E-state index in [9.17, 15) is 34.8 Å². The fourth-order valence-corrected chi connectivity index (χ4v) is 5.93. The van der Waals surface area contributed by atoms with Gasteiger partial charge >= 0.3 is 0 Å². The molecule has 10 nitrogen and oxygen atoms in total. The highest BCUT2D eigenvalue weighted by molar-refractivity contribution is 6.25. The number of likely N-dealkylation sites (N-methyl/N-ethyl adjacent to an activating group) is 1. The van der Waals surface area contributed by atoms with Gasteiger partial charge in [0, 0.05) is 31.6 Å². The van der Waals surface area contributed by atoms with Crippen molar-refractivity contribution in [2.45, 2.75) is 30.6 Å². The lowest BCUT2D eigenvalue weighted by atomic mass is 9.54. The van der Waals surface area contributed by atoms with E-state index in [-0.39, 0.29) is 29.7 Å². The number of aliphatic hydroxyl groups is 3. The standard InChI is InChI=1S/C23H29N3O7/c1-25(2)12-6-5-9-7-10-8-11-16(26(3)4)19(29)15(22(24)32)21(31)23(11,33)20(30)14(10)18(28)13(9)17(12)27/h5-6,10-11,15-16,19,27-29,33H,7-8H2,1-4H3,(H2,24,32)/t10-,11-,15?,16-,19-,23-/m0/s1. The van der Waals surface area contributed by atoms with Crippen LogP contribution in [-0.4, -0.2) is 88.7 Å². The Morgan fingerprint density at radius 3 is 2.33 bits per heavy atom.